The summed E-state index contributed by atoms with van der Waals surface area (Å²) in [6.07, 6.45) is 73.0. The van der Waals surface area contributed by atoms with Crippen molar-refractivity contribution >= 4 is 11.9 Å². The van der Waals surface area contributed by atoms with Gasteiger partial charge in [-0.3, -0.25) is 9.59 Å². The summed E-state index contributed by atoms with van der Waals surface area (Å²) in [6, 6.07) is 0. The summed E-state index contributed by atoms with van der Waals surface area (Å²) in [6.45, 7) is 7.50. The average molecular weight is 889 g/mol. The number of carbonyl (C=O) groups excluding carboxylic acids is 2. The van der Waals surface area contributed by atoms with E-state index in [0.717, 1.165) is 83.5 Å². The predicted octanol–water partition coefficient (Wildman–Crippen LogP) is 18.2. The number of unbranched alkanes of at least 4 members (excludes halogenated alkanes) is 21. The van der Waals surface area contributed by atoms with Crippen LogP contribution in [0.2, 0.25) is 0 Å². The summed E-state index contributed by atoms with van der Waals surface area (Å²) in [5.74, 6) is -0.512. The van der Waals surface area contributed by atoms with Crippen molar-refractivity contribution in [3.05, 3.63) is 97.2 Å². The van der Waals surface area contributed by atoms with Gasteiger partial charge in [0.05, 0.1) is 6.61 Å². The van der Waals surface area contributed by atoms with Crippen molar-refractivity contribution in [3.8, 4) is 0 Å². The highest BCUT2D eigenvalue weighted by Gasteiger charge is 2.17. The molecule has 0 fully saturated rings. The molecule has 1 unspecified atom stereocenters. The van der Waals surface area contributed by atoms with Crippen LogP contribution < -0.4 is 0 Å². The van der Waals surface area contributed by atoms with Gasteiger partial charge >= 0.3 is 11.9 Å². The lowest BCUT2D eigenvalue weighted by atomic mass is 10.1. The molecule has 0 bridgehead atoms. The summed E-state index contributed by atoms with van der Waals surface area (Å²) in [5, 5.41) is 0. The fourth-order valence-corrected chi connectivity index (χ4v) is 7.18. The van der Waals surface area contributed by atoms with Gasteiger partial charge in [-0.25, -0.2) is 0 Å². The Bertz CT molecular complexity index is 1230. The zero-order chi connectivity index (χ0) is 46.3. The molecule has 0 aliphatic heterocycles. The molecule has 5 nitrogen and oxygen atoms in total. The molecule has 0 aromatic rings. The minimum absolute atomic E-state index is 0.0431. The van der Waals surface area contributed by atoms with Crippen LogP contribution in [0.1, 0.15) is 239 Å². The van der Waals surface area contributed by atoms with Crippen LogP contribution in [0.3, 0.4) is 0 Å². The van der Waals surface area contributed by atoms with E-state index < -0.39 is 6.10 Å². The minimum Gasteiger partial charge on any atom is -0.462 e. The van der Waals surface area contributed by atoms with Crippen molar-refractivity contribution in [1.82, 2.24) is 0 Å². The molecule has 1 atom stereocenters. The molecule has 0 saturated carbocycles. The number of ether oxygens (including phenoxy) is 3. The molecule has 0 heterocycles. The van der Waals surface area contributed by atoms with E-state index in [2.05, 4.69) is 112 Å². The molecule has 0 aromatic heterocycles. The second-order valence-corrected chi connectivity index (χ2v) is 17.4. The van der Waals surface area contributed by atoms with Gasteiger partial charge in [-0.1, -0.05) is 221 Å². The first-order valence-corrected chi connectivity index (χ1v) is 26.8. The molecule has 0 amide bonds. The van der Waals surface area contributed by atoms with Crippen LogP contribution in [0.25, 0.3) is 0 Å². The van der Waals surface area contributed by atoms with Crippen molar-refractivity contribution < 1.29 is 23.8 Å². The summed E-state index contributed by atoms with van der Waals surface area (Å²) in [7, 11) is 0. The lowest BCUT2D eigenvalue weighted by molar-refractivity contribution is -0.162. The Morgan fingerprint density at radius 3 is 1.20 bits per heavy atom. The molecule has 366 valence electrons. The highest BCUT2D eigenvalue weighted by molar-refractivity contribution is 5.70. The van der Waals surface area contributed by atoms with Gasteiger partial charge in [0.15, 0.2) is 6.10 Å². The van der Waals surface area contributed by atoms with E-state index in [-0.39, 0.29) is 25.2 Å². The first-order valence-electron chi connectivity index (χ1n) is 26.8. The summed E-state index contributed by atoms with van der Waals surface area (Å²) < 4.78 is 17.3. The topological polar surface area (TPSA) is 61.8 Å². The van der Waals surface area contributed by atoms with Crippen LogP contribution in [-0.4, -0.2) is 37.9 Å². The fourth-order valence-electron chi connectivity index (χ4n) is 7.18. The maximum absolute atomic E-state index is 12.8. The number of hydrogen-bond acceptors (Lipinski definition) is 5. The van der Waals surface area contributed by atoms with Crippen LogP contribution in [0.5, 0.6) is 0 Å². The van der Waals surface area contributed by atoms with Gasteiger partial charge in [-0.2, -0.15) is 0 Å². The maximum Gasteiger partial charge on any atom is 0.306 e. The Morgan fingerprint density at radius 2 is 0.734 bits per heavy atom. The molecular formula is C59H100O5. The highest BCUT2D eigenvalue weighted by atomic mass is 16.6. The average Bonchev–Trinajstić information content (AvgIpc) is 3.30. The number of esters is 2. The van der Waals surface area contributed by atoms with Gasteiger partial charge in [0.25, 0.3) is 0 Å². The van der Waals surface area contributed by atoms with Gasteiger partial charge in [0, 0.05) is 19.4 Å². The molecule has 0 saturated heterocycles. The lowest BCUT2D eigenvalue weighted by Crippen LogP contribution is -2.30. The van der Waals surface area contributed by atoms with E-state index in [9.17, 15) is 9.59 Å². The van der Waals surface area contributed by atoms with Crippen LogP contribution in [0.4, 0.5) is 0 Å². The van der Waals surface area contributed by atoms with E-state index in [0.29, 0.717) is 25.9 Å². The Kier molecular flexibility index (Phi) is 51.5. The molecule has 0 aliphatic rings. The first-order chi connectivity index (χ1) is 31.6. The Morgan fingerprint density at radius 1 is 0.359 bits per heavy atom. The zero-order valence-electron chi connectivity index (χ0n) is 42.0. The molecule has 5 heteroatoms. The second-order valence-electron chi connectivity index (χ2n) is 17.4. The SMILES string of the molecule is CC/C=C\C/C=C\C/C=C\C/C=C\CCC(=O)OC(COCCCCCCCCCCCC/C=C\CCCCCCCC)COC(=O)CCCCCCC/C=C\C/C=C\C/C=C\CC. The smallest absolute Gasteiger partial charge is 0.306 e. The third-order valence-electron chi connectivity index (χ3n) is 11.1. The van der Waals surface area contributed by atoms with E-state index in [4.69, 9.17) is 14.2 Å². The van der Waals surface area contributed by atoms with E-state index in [1.54, 1.807) is 0 Å². The van der Waals surface area contributed by atoms with Crippen molar-refractivity contribution in [2.24, 2.45) is 0 Å². The number of allylic oxidation sites excluding steroid dienone is 16. The van der Waals surface area contributed by atoms with Crippen molar-refractivity contribution in [1.29, 1.82) is 0 Å². The lowest BCUT2D eigenvalue weighted by Gasteiger charge is -2.18. The van der Waals surface area contributed by atoms with E-state index in [1.165, 1.54) is 116 Å². The first kappa shape index (κ1) is 60.8. The minimum atomic E-state index is -0.587. The zero-order valence-corrected chi connectivity index (χ0v) is 42.0. The Hall–Kier alpha value is -3.18. The Labute approximate surface area is 396 Å². The van der Waals surface area contributed by atoms with Gasteiger partial charge in [0.2, 0.25) is 0 Å². The van der Waals surface area contributed by atoms with Gasteiger partial charge in [-0.15, -0.1) is 0 Å². The summed E-state index contributed by atoms with van der Waals surface area (Å²) in [5.41, 5.74) is 0. The van der Waals surface area contributed by atoms with Crippen LogP contribution in [0.15, 0.2) is 97.2 Å². The Balaban J connectivity index is 4.33. The second kappa shape index (κ2) is 54.2. The van der Waals surface area contributed by atoms with Gasteiger partial charge in [-0.05, 0) is 103 Å². The van der Waals surface area contributed by atoms with Crippen molar-refractivity contribution in [2.45, 2.75) is 245 Å². The quantitative estimate of drug-likeness (QED) is 0.0346. The number of carbonyl (C=O) groups is 2. The molecule has 0 N–H and O–H groups in total. The predicted molar refractivity (Wildman–Crippen MR) is 279 cm³/mol. The molecular weight excluding hydrogens is 789 g/mol. The molecule has 0 spiro atoms. The summed E-state index contributed by atoms with van der Waals surface area (Å²) in [4.78, 5) is 25.4. The third kappa shape index (κ3) is 51.5. The molecule has 0 aliphatic carbocycles. The standard InChI is InChI=1S/C59H100O5/c1-4-7-10-13-16-19-22-25-27-28-29-30-31-33-36-39-42-45-48-51-54-62-55-57(64-59(61)53-50-47-44-41-38-34-24-21-18-15-12-9-6-3)56-63-58(60)52-49-46-43-40-37-35-32-26-23-20-17-14-11-8-5-2/h8-9,11-12,17-18,20-21,25-27,32,34,38,44,47,57H,4-7,10,13-16,19,22-24,28-31,33,35-37,39-43,45-46,48-56H2,1-3H3/b11-8-,12-9-,20-17-,21-18-,27-25-,32-26-,38-34-,47-44-. The van der Waals surface area contributed by atoms with Gasteiger partial charge < -0.3 is 14.2 Å². The normalized spacial score (nSPS) is 13.0. The van der Waals surface area contributed by atoms with Gasteiger partial charge in [0.1, 0.15) is 6.61 Å². The molecule has 0 radical (unpaired) electrons. The maximum atomic E-state index is 12.8. The van der Waals surface area contributed by atoms with Crippen molar-refractivity contribution in [3.63, 3.8) is 0 Å². The summed E-state index contributed by atoms with van der Waals surface area (Å²) >= 11 is 0. The van der Waals surface area contributed by atoms with E-state index in [1.807, 2.05) is 6.08 Å². The molecule has 64 heavy (non-hydrogen) atoms. The van der Waals surface area contributed by atoms with Crippen LogP contribution in [0, 0.1) is 0 Å². The van der Waals surface area contributed by atoms with E-state index >= 15 is 0 Å². The van der Waals surface area contributed by atoms with Crippen LogP contribution >= 0.6 is 0 Å². The molecule has 0 rings (SSSR count). The fraction of sp³-hybridized carbons (Fsp3) is 0.695. The largest absolute Gasteiger partial charge is 0.462 e. The van der Waals surface area contributed by atoms with Crippen molar-refractivity contribution in [2.75, 3.05) is 19.8 Å². The highest BCUT2D eigenvalue weighted by Crippen LogP contribution is 2.14. The number of hydrogen-bond donors (Lipinski definition) is 0. The van der Waals surface area contributed by atoms with Crippen LogP contribution in [-0.2, 0) is 23.8 Å². The monoisotopic (exact) mass is 889 g/mol. The number of rotatable bonds is 48. The third-order valence-corrected chi connectivity index (χ3v) is 11.1. The molecule has 0 aromatic carbocycles.